The molecule has 0 aliphatic carbocycles. The van der Waals surface area contributed by atoms with Crippen LogP contribution in [-0.4, -0.2) is 23.9 Å². The van der Waals surface area contributed by atoms with Crippen LogP contribution in [-0.2, 0) is 19.2 Å². The molecule has 0 N–H and O–H groups in total. The van der Waals surface area contributed by atoms with Crippen molar-refractivity contribution in [2.45, 2.75) is 27.7 Å². The average molecular weight is 609 g/mol. The minimum atomic E-state index is -1.06. The highest BCUT2D eigenvalue weighted by Crippen LogP contribution is 2.41. The Kier molecular flexibility index (Phi) is 10.7. The van der Waals surface area contributed by atoms with Gasteiger partial charge in [0.05, 0.1) is 11.1 Å². The maximum atomic E-state index is 16.4. The highest BCUT2D eigenvalue weighted by molar-refractivity contribution is 5.92. The molecule has 0 aliphatic heterocycles. The molecule has 0 fully saturated rings. The van der Waals surface area contributed by atoms with Crippen LogP contribution < -0.4 is 18.9 Å². The van der Waals surface area contributed by atoms with Gasteiger partial charge in [-0.1, -0.05) is 50.3 Å². The molecule has 0 saturated carbocycles. The van der Waals surface area contributed by atoms with Gasteiger partial charge in [-0.2, -0.15) is 0 Å². The summed E-state index contributed by atoms with van der Waals surface area (Å²) in [6.07, 6.45) is 0. The molecule has 9 heteroatoms. The number of esters is 4. The summed E-state index contributed by atoms with van der Waals surface area (Å²) >= 11 is 0. The van der Waals surface area contributed by atoms with Gasteiger partial charge in [0.2, 0.25) is 0 Å². The van der Waals surface area contributed by atoms with Crippen molar-refractivity contribution >= 4 is 23.9 Å². The van der Waals surface area contributed by atoms with Gasteiger partial charge in [-0.25, -0.2) is 23.6 Å². The van der Waals surface area contributed by atoms with Crippen LogP contribution in [0, 0.1) is 17.7 Å². The van der Waals surface area contributed by atoms with Crippen molar-refractivity contribution in [1.82, 2.24) is 0 Å². The Bertz CT molecular complexity index is 1820. The molecular formula is C36H29FO8. The van der Waals surface area contributed by atoms with E-state index in [4.69, 9.17) is 18.9 Å². The van der Waals surface area contributed by atoms with Crippen molar-refractivity contribution in [1.29, 1.82) is 0 Å². The quantitative estimate of drug-likeness (QED) is 0.113. The van der Waals surface area contributed by atoms with Crippen LogP contribution in [0.2, 0.25) is 0 Å². The summed E-state index contributed by atoms with van der Waals surface area (Å²) in [5.74, 6) is 1.17. The molecule has 228 valence electrons. The molecule has 0 amide bonds. The molecule has 45 heavy (non-hydrogen) atoms. The molecule has 0 heterocycles. The van der Waals surface area contributed by atoms with Crippen LogP contribution in [0.15, 0.2) is 103 Å². The highest BCUT2D eigenvalue weighted by Gasteiger charge is 2.25. The Balaban J connectivity index is 2.17. The van der Waals surface area contributed by atoms with Crippen LogP contribution in [0.3, 0.4) is 0 Å². The van der Waals surface area contributed by atoms with Gasteiger partial charge < -0.3 is 18.9 Å². The monoisotopic (exact) mass is 608 g/mol. The lowest BCUT2D eigenvalue weighted by molar-refractivity contribution is -0.131. The Labute approximate surface area is 260 Å². The van der Waals surface area contributed by atoms with Crippen molar-refractivity contribution in [3.63, 3.8) is 0 Å². The van der Waals surface area contributed by atoms with E-state index in [0.717, 1.165) is 0 Å². The molecule has 8 nitrogen and oxygen atoms in total. The largest absolute Gasteiger partial charge is 0.423 e. The standard InChI is InChI=1S/C36H29FO8/c1-20(2)33(38)42-27-15-10-24(11-16-27)9-12-26-19-29(44-35(40)22(5)6)30(31(37)32(26)45-36(41)23(7)8)25-13-17-28(18-14-25)43-34(39)21(3)4/h10-11,13-19H,1,3,5,7H2,2,4,6,8H3. The van der Waals surface area contributed by atoms with Gasteiger partial charge in [-0.15, -0.1) is 0 Å². The van der Waals surface area contributed by atoms with Crippen molar-refractivity contribution in [3.05, 3.63) is 120 Å². The van der Waals surface area contributed by atoms with E-state index in [0.29, 0.717) is 5.56 Å². The van der Waals surface area contributed by atoms with Crippen molar-refractivity contribution in [3.8, 4) is 46.0 Å². The summed E-state index contributed by atoms with van der Waals surface area (Å²) in [5.41, 5.74) is 0.721. The lowest BCUT2D eigenvalue weighted by atomic mass is 10.00. The van der Waals surface area contributed by atoms with E-state index in [1.165, 1.54) is 70.2 Å². The van der Waals surface area contributed by atoms with Crippen molar-refractivity contribution < 1.29 is 42.5 Å². The number of hydrogen-bond acceptors (Lipinski definition) is 8. The van der Waals surface area contributed by atoms with E-state index in [9.17, 15) is 19.2 Å². The third-order valence-corrected chi connectivity index (χ3v) is 5.74. The SMILES string of the molecule is C=C(C)C(=O)Oc1ccc(C#Cc2cc(OC(=O)C(=C)C)c(-c3ccc(OC(=O)C(=C)C)cc3)c(F)c2OC(=O)C(=C)C)cc1. The zero-order chi connectivity index (χ0) is 33.4. The molecule has 0 unspecified atom stereocenters. The topological polar surface area (TPSA) is 105 Å². The zero-order valence-corrected chi connectivity index (χ0v) is 25.2. The maximum Gasteiger partial charge on any atom is 0.338 e. The Morgan fingerprint density at radius 2 is 1.02 bits per heavy atom. The van der Waals surface area contributed by atoms with E-state index in [-0.39, 0.29) is 56.2 Å². The number of ether oxygens (including phenoxy) is 4. The lowest BCUT2D eigenvalue weighted by Crippen LogP contribution is -2.13. The van der Waals surface area contributed by atoms with Gasteiger partial charge in [0, 0.05) is 33.9 Å². The molecule has 3 aromatic carbocycles. The molecule has 0 saturated heterocycles. The lowest BCUT2D eigenvalue weighted by Gasteiger charge is -2.16. The number of carbonyl (C=O) groups is 4. The van der Waals surface area contributed by atoms with E-state index in [1.807, 2.05) is 0 Å². The fourth-order valence-corrected chi connectivity index (χ4v) is 3.34. The molecule has 3 aromatic rings. The number of rotatable bonds is 9. The maximum absolute atomic E-state index is 16.4. The summed E-state index contributed by atoms with van der Waals surface area (Å²) < 4.78 is 37.6. The van der Waals surface area contributed by atoms with Gasteiger partial charge in [-0.3, -0.25) is 0 Å². The second-order valence-electron chi connectivity index (χ2n) is 9.92. The fourth-order valence-electron chi connectivity index (χ4n) is 3.34. The first kappa shape index (κ1) is 33.5. The van der Waals surface area contributed by atoms with Gasteiger partial charge in [0.1, 0.15) is 17.2 Å². The van der Waals surface area contributed by atoms with E-state index < -0.39 is 35.4 Å². The van der Waals surface area contributed by atoms with Crippen LogP contribution in [0.5, 0.6) is 23.0 Å². The molecule has 0 spiro atoms. The predicted molar refractivity (Wildman–Crippen MR) is 166 cm³/mol. The number of halogens is 1. The highest BCUT2D eigenvalue weighted by atomic mass is 19.1. The van der Waals surface area contributed by atoms with Gasteiger partial charge in [-0.05, 0) is 69.7 Å². The third kappa shape index (κ3) is 8.75. The Morgan fingerprint density at radius 3 is 1.49 bits per heavy atom. The summed E-state index contributed by atoms with van der Waals surface area (Å²) in [7, 11) is 0. The van der Waals surface area contributed by atoms with E-state index in [2.05, 4.69) is 38.2 Å². The number of carbonyl (C=O) groups excluding carboxylic acids is 4. The third-order valence-electron chi connectivity index (χ3n) is 5.74. The number of hydrogen-bond donors (Lipinski definition) is 0. The molecular weight excluding hydrogens is 579 g/mol. The summed E-state index contributed by atoms with van der Waals surface area (Å²) in [5, 5.41) is 0. The minimum Gasteiger partial charge on any atom is -0.423 e. The normalized spacial score (nSPS) is 9.98. The van der Waals surface area contributed by atoms with Crippen molar-refractivity contribution in [2.24, 2.45) is 0 Å². The molecule has 0 aromatic heterocycles. The predicted octanol–water partition coefficient (Wildman–Crippen LogP) is 6.82. The van der Waals surface area contributed by atoms with Gasteiger partial charge in [0.15, 0.2) is 11.6 Å². The molecule has 0 atom stereocenters. The first-order valence-electron chi connectivity index (χ1n) is 13.3. The van der Waals surface area contributed by atoms with Gasteiger partial charge in [0.25, 0.3) is 0 Å². The van der Waals surface area contributed by atoms with Crippen LogP contribution in [0.4, 0.5) is 4.39 Å². The first-order valence-corrected chi connectivity index (χ1v) is 13.3. The smallest absolute Gasteiger partial charge is 0.338 e. The van der Waals surface area contributed by atoms with E-state index >= 15 is 4.39 Å². The van der Waals surface area contributed by atoms with Crippen LogP contribution in [0.25, 0.3) is 11.1 Å². The Hall–Kier alpha value is -6.01. The second-order valence-corrected chi connectivity index (χ2v) is 9.92. The number of benzene rings is 3. The summed E-state index contributed by atoms with van der Waals surface area (Å²) in [4.78, 5) is 48.8. The zero-order valence-electron chi connectivity index (χ0n) is 25.2. The van der Waals surface area contributed by atoms with Crippen LogP contribution in [0.1, 0.15) is 38.8 Å². The molecule has 3 rings (SSSR count). The summed E-state index contributed by atoms with van der Waals surface area (Å²) in [6.45, 7) is 20.0. The van der Waals surface area contributed by atoms with Crippen molar-refractivity contribution in [2.75, 3.05) is 0 Å². The summed E-state index contributed by atoms with van der Waals surface area (Å²) in [6, 6.07) is 13.1. The molecule has 0 radical (unpaired) electrons. The fraction of sp³-hybridized carbons (Fsp3) is 0.111. The van der Waals surface area contributed by atoms with Gasteiger partial charge >= 0.3 is 23.9 Å². The van der Waals surface area contributed by atoms with Crippen LogP contribution >= 0.6 is 0 Å². The second kappa shape index (κ2) is 14.4. The van der Waals surface area contributed by atoms with E-state index in [1.54, 1.807) is 12.1 Å². The first-order chi connectivity index (χ1) is 21.2. The Morgan fingerprint density at radius 1 is 0.600 bits per heavy atom. The minimum absolute atomic E-state index is 0.00350. The molecule has 0 aliphatic rings. The molecule has 0 bridgehead atoms. The average Bonchev–Trinajstić information content (AvgIpc) is 2.98.